The quantitative estimate of drug-likeness (QED) is 0.390. The number of nitrogens with zero attached hydrogens (tertiary/aromatic N) is 9. The number of anilines is 1. The standard InChI is InChI=1S/C29H37N9/c1-20-27(21(2)38-29(30-20)31-22(3)34-38)17-23-11-12-37(18-23)26-8-5-24(6-9-26)28-10-7-25(32-33-28)19-36-15-13-35(4)14-16-36/h5-10,23H,11-19H2,1-4H3. The molecule has 0 saturated carbocycles. The monoisotopic (exact) mass is 511 g/mol. The van der Waals surface area contributed by atoms with Crippen LogP contribution in [0, 0.1) is 26.7 Å². The van der Waals surface area contributed by atoms with E-state index in [1.165, 1.54) is 17.7 Å². The molecule has 198 valence electrons. The zero-order chi connectivity index (χ0) is 26.2. The molecule has 9 nitrogen and oxygen atoms in total. The highest BCUT2D eigenvalue weighted by atomic mass is 15.3. The lowest BCUT2D eigenvalue weighted by Crippen LogP contribution is -2.44. The van der Waals surface area contributed by atoms with Crippen LogP contribution in [-0.2, 0) is 13.0 Å². The maximum atomic E-state index is 4.71. The second-order valence-electron chi connectivity index (χ2n) is 11.0. The summed E-state index contributed by atoms with van der Waals surface area (Å²) in [6, 6.07) is 13.0. The van der Waals surface area contributed by atoms with Crippen molar-refractivity contribution in [1.82, 2.24) is 39.6 Å². The van der Waals surface area contributed by atoms with Gasteiger partial charge in [0.2, 0.25) is 0 Å². The number of aryl methyl sites for hydroxylation is 3. The van der Waals surface area contributed by atoms with Gasteiger partial charge in [-0.3, -0.25) is 4.90 Å². The number of likely N-dealkylation sites (N-methyl/N-ethyl adjacent to an activating group) is 1. The van der Waals surface area contributed by atoms with Gasteiger partial charge in [-0.2, -0.15) is 20.3 Å². The first-order valence-corrected chi connectivity index (χ1v) is 13.7. The number of hydrogen-bond acceptors (Lipinski definition) is 8. The number of rotatable bonds is 6. The van der Waals surface area contributed by atoms with E-state index < -0.39 is 0 Å². The molecule has 38 heavy (non-hydrogen) atoms. The summed E-state index contributed by atoms with van der Waals surface area (Å²) in [6.45, 7) is 13.6. The van der Waals surface area contributed by atoms with E-state index >= 15 is 0 Å². The van der Waals surface area contributed by atoms with Crippen LogP contribution in [0.5, 0.6) is 0 Å². The molecule has 2 saturated heterocycles. The molecule has 2 fully saturated rings. The molecule has 5 heterocycles. The molecule has 1 unspecified atom stereocenters. The van der Waals surface area contributed by atoms with Gasteiger partial charge >= 0.3 is 0 Å². The van der Waals surface area contributed by atoms with Gasteiger partial charge in [0, 0.05) is 68.5 Å². The summed E-state index contributed by atoms with van der Waals surface area (Å²) in [5.41, 5.74) is 7.88. The summed E-state index contributed by atoms with van der Waals surface area (Å²) >= 11 is 0. The Labute approximate surface area is 224 Å². The van der Waals surface area contributed by atoms with Crippen molar-refractivity contribution in [3.63, 3.8) is 0 Å². The van der Waals surface area contributed by atoms with Crippen molar-refractivity contribution in [2.75, 3.05) is 51.2 Å². The van der Waals surface area contributed by atoms with Gasteiger partial charge in [0.25, 0.3) is 5.78 Å². The summed E-state index contributed by atoms with van der Waals surface area (Å²) in [5.74, 6) is 2.05. The van der Waals surface area contributed by atoms with Gasteiger partial charge in [-0.1, -0.05) is 12.1 Å². The predicted octanol–water partition coefficient (Wildman–Crippen LogP) is 3.32. The van der Waals surface area contributed by atoms with E-state index in [1.807, 2.05) is 11.4 Å². The number of hydrogen-bond donors (Lipinski definition) is 0. The molecule has 0 spiro atoms. The van der Waals surface area contributed by atoms with E-state index in [0.29, 0.717) is 11.7 Å². The lowest BCUT2D eigenvalue weighted by Gasteiger charge is -2.31. The third-order valence-electron chi connectivity index (χ3n) is 8.16. The molecule has 0 radical (unpaired) electrons. The molecule has 2 aliphatic heterocycles. The summed E-state index contributed by atoms with van der Waals surface area (Å²) in [4.78, 5) is 16.5. The van der Waals surface area contributed by atoms with Crippen molar-refractivity contribution in [2.24, 2.45) is 5.92 Å². The van der Waals surface area contributed by atoms with Crippen LogP contribution in [0.15, 0.2) is 36.4 Å². The summed E-state index contributed by atoms with van der Waals surface area (Å²) in [7, 11) is 2.18. The van der Waals surface area contributed by atoms with Crippen molar-refractivity contribution < 1.29 is 0 Å². The van der Waals surface area contributed by atoms with Crippen LogP contribution in [0.25, 0.3) is 17.0 Å². The third kappa shape index (κ3) is 5.13. The first-order chi connectivity index (χ1) is 18.4. The maximum absolute atomic E-state index is 4.71. The normalized spacial score (nSPS) is 19.1. The number of piperazine rings is 1. The number of benzene rings is 1. The average molecular weight is 512 g/mol. The Bertz CT molecular complexity index is 1400. The van der Waals surface area contributed by atoms with Gasteiger partial charge in [-0.05, 0) is 76.4 Å². The average Bonchev–Trinajstić information content (AvgIpc) is 3.55. The van der Waals surface area contributed by atoms with Crippen LogP contribution in [-0.4, -0.2) is 85.9 Å². The fraction of sp³-hybridized carbons (Fsp3) is 0.483. The lowest BCUT2D eigenvalue weighted by atomic mass is 9.96. The Morgan fingerprint density at radius 2 is 1.66 bits per heavy atom. The van der Waals surface area contributed by atoms with Crippen molar-refractivity contribution >= 4 is 11.5 Å². The second-order valence-corrected chi connectivity index (χ2v) is 11.0. The molecule has 9 heteroatoms. The molecule has 1 aromatic carbocycles. The van der Waals surface area contributed by atoms with Crippen molar-refractivity contribution in [2.45, 2.75) is 40.2 Å². The molecule has 4 aromatic rings. The fourth-order valence-electron chi connectivity index (χ4n) is 5.80. The molecule has 1 atom stereocenters. The van der Waals surface area contributed by atoms with Gasteiger partial charge < -0.3 is 9.80 Å². The summed E-state index contributed by atoms with van der Waals surface area (Å²) in [6.07, 6.45) is 2.19. The zero-order valence-corrected chi connectivity index (χ0v) is 22.9. The van der Waals surface area contributed by atoms with Crippen molar-refractivity contribution in [3.05, 3.63) is 64.9 Å². The van der Waals surface area contributed by atoms with E-state index in [1.54, 1.807) is 0 Å². The van der Waals surface area contributed by atoms with E-state index in [-0.39, 0.29) is 0 Å². The highest BCUT2D eigenvalue weighted by Crippen LogP contribution is 2.29. The maximum Gasteiger partial charge on any atom is 0.252 e. The SMILES string of the molecule is Cc1nc2nc(C)c(CC3CCN(c4ccc(-c5ccc(CN6CCN(C)CC6)nn5)cc4)C3)c(C)n2n1. The molecule has 0 bridgehead atoms. The van der Waals surface area contributed by atoms with Gasteiger partial charge in [-0.25, -0.2) is 9.50 Å². The van der Waals surface area contributed by atoms with Crippen LogP contribution in [0.4, 0.5) is 5.69 Å². The molecule has 0 aliphatic carbocycles. The second kappa shape index (κ2) is 10.4. The van der Waals surface area contributed by atoms with Gasteiger partial charge in [0.15, 0.2) is 0 Å². The lowest BCUT2D eigenvalue weighted by molar-refractivity contribution is 0.146. The van der Waals surface area contributed by atoms with Crippen molar-refractivity contribution in [3.8, 4) is 11.3 Å². The summed E-state index contributed by atoms with van der Waals surface area (Å²) in [5, 5.41) is 13.6. The first kappa shape index (κ1) is 24.9. The molecular formula is C29H37N9. The molecular weight excluding hydrogens is 474 g/mol. The smallest absolute Gasteiger partial charge is 0.252 e. The van der Waals surface area contributed by atoms with Gasteiger partial charge in [0.1, 0.15) is 5.82 Å². The van der Waals surface area contributed by atoms with E-state index in [9.17, 15) is 0 Å². The van der Waals surface area contributed by atoms with E-state index in [2.05, 4.69) is 92.3 Å². The molecule has 6 rings (SSSR count). The predicted molar refractivity (Wildman–Crippen MR) is 149 cm³/mol. The van der Waals surface area contributed by atoms with Crippen molar-refractivity contribution in [1.29, 1.82) is 0 Å². The molecule has 0 N–H and O–H groups in total. The van der Waals surface area contributed by atoms with Gasteiger partial charge in [-0.15, -0.1) is 0 Å². The van der Waals surface area contributed by atoms with Crippen LogP contribution >= 0.6 is 0 Å². The fourth-order valence-corrected chi connectivity index (χ4v) is 5.80. The van der Waals surface area contributed by atoms with Gasteiger partial charge in [0.05, 0.1) is 11.4 Å². The number of fused-ring (bicyclic) bond motifs is 1. The van der Waals surface area contributed by atoms with Crippen LogP contribution < -0.4 is 4.90 Å². The number of aromatic nitrogens is 6. The Morgan fingerprint density at radius 1 is 0.868 bits per heavy atom. The highest BCUT2D eigenvalue weighted by molar-refractivity contribution is 5.63. The first-order valence-electron chi connectivity index (χ1n) is 13.7. The minimum atomic E-state index is 0.592. The molecule has 0 amide bonds. The largest absolute Gasteiger partial charge is 0.371 e. The Hall–Kier alpha value is -3.43. The summed E-state index contributed by atoms with van der Waals surface area (Å²) < 4.78 is 1.89. The van der Waals surface area contributed by atoms with Crippen LogP contribution in [0.2, 0.25) is 0 Å². The van der Waals surface area contributed by atoms with E-state index in [0.717, 1.165) is 86.4 Å². The Morgan fingerprint density at radius 3 is 2.39 bits per heavy atom. The third-order valence-corrected chi connectivity index (χ3v) is 8.16. The van der Waals surface area contributed by atoms with Crippen LogP contribution in [0.3, 0.4) is 0 Å². The minimum Gasteiger partial charge on any atom is -0.371 e. The molecule has 3 aromatic heterocycles. The Balaban J connectivity index is 1.08. The minimum absolute atomic E-state index is 0.592. The molecule has 2 aliphatic rings. The highest BCUT2D eigenvalue weighted by Gasteiger charge is 2.25. The van der Waals surface area contributed by atoms with Crippen LogP contribution in [0.1, 0.15) is 34.9 Å². The zero-order valence-electron chi connectivity index (χ0n) is 22.9. The topological polar surface area (TPSA) is 78.6 Å². The van der Waals surface area contributed by atoms with E-state index in [4.69, 9.17) is 4.98 Å². The Kier molecular flexibility index (Phi) is 6.80.